The second-order valence-electron chi connectivity index (χ2n) is 15.2. The van der Waals surface area contributed by atoms with Crippen molar-refractivity contribution in [1.29, 1.82) is 0 Å². The van der Waals surface area contributed by atoms with Crippen molar-refractivity contribution in [3.8, 4) is 0 Å². The number of para-hydroxylation sites is 1. The molecule has 5 aromatic carbocycles. The van der Waals surface area contributed by atoms with Crippen LogP contribution in [0.4, 0.5) is 11.4 Å². The highest BCUT2D eigenvalue weighted by Crippen LogP contribution is 2.48. The first-order valence-corrected chi connectivity index (χ1v) is 19.0. The van der Waals surface area contributed by atoms with Gasteiger partial charge in [-0.15, -0.1) is 0 Å². The molecule has 256 valence electrons. The molecule has 0 saturated heterocycles. The van der Waals surface area contributed by atoms with Gasteiger partial charge in [-0.05, 0) is 85.7 Å². The number of rotatable bonds is 7. The van der Waals surface area contributed by atoms with Crippen LogP contribution in [0.15, 0.2) is 187 Å². The molecule has 0 bridgehead atoms. The van der Waals surface area contributed by atoms with Gasteiger partial charge in [0.05, 0.1) is 6.04 Å². The summed E-state index contributed by atoms with van der Waals surface area (Å²) in [7, 11) is 0. The SMILES string of the molecule is CC12C=CC=CC1=CC(CN1C(c3ccccc3)=CC1c1ccc(Nc3ccccc3C3C=c4ccccc4=C4C=Cc5ccccc5C43)cc1)=CC2. The zero-order valence-electron chi connectivity index (χ0n) is 30.0. The number of allylic oxidation sites excluding steroid dienone is 7. The summed E-state index contributed by atoms with van der Waals surface area (Å²) in [4.78, 5) is 2.57. The molecule has 1 N–H and O–H groups in total. The number of hydrogen-bond acceptors (Lipinski definition) is 2. The Morgan fingerprint density at radius 2 is 1.49 bits per heavy atom. The van der Waals surface area contributed by atoms with Crippen molar-refractivity contribution >= 4 is 34.8 Å². The van der Waals surface area contributed by atoms with E-state index in [0.29, 0.717) is 0 Å². The molecule has 53 heavy (non-hydrogen) atoms. The largest absolute Gasteiger partial charge is 0.356 e. The molecule has 1 aliphatic heterocycles. The van der Waals surface area contributed by atoms with Crippen LogP contribution >= 0.6 is 0 Å². The van der Waals surface area contributed by atoms with Gasteiger partial charge >= 0.3 is 0 Å². The van der Waals surface area contributed by atoms with E-state index in [0.717, 1.165) is 24.3 Å². The average Bonchev–Trinajstić information content (AvgIpc) is 3.20. The fraction of sp³-hybridized carbons (Fsp3) is 0.137. The van der Waals surface area contributed by atoms with Crippen LogP contribution in [0.5, 0.6) is 0 Å². The average molecular weight is 683 g/mol. The Bertz CT molecular complexity index is 2560. The van der Waals surface area contributed by atoms with Gasteiger partial charge in [-0.1, -0.05) is 171 Å². The van der Waals surface area contributed by atoms with Gasteiger partial charge in [0, 0.05) is 40.9 Å². The van der Waals surface area contributed by atoms with Crippen LogP contribution in [0.2, 0.25) is 0 Å². The van der Waals surface area contributed by atoms with Crippen LogP contribution in [0.1, 0.15) is 59.0 Å². The van der Waals surface area contributed by atoms with Crippen LogP contribution in [0.25, 0.3) is 23.4 Å². The Kier molecular flexibility index (Phi) is 7.65. The number of fused-ring (bicyclic) bond motifs is 5. The highest BCUT2D eigenvalue weighted by molar-refractivity contribution is 5.83. The fourth-order valence-corrected chi connectivity index (χ4v) is 9.08. The second-order valence-corrected chi connectivity index (χ2v) is 15.2. The number of nitrogens with one attached hydrogen (secondary N) is 1. The molecular weight excluding hydrogens is 641 g/mol. The quantitative estimate of drug-likeness (QED) is 0.184. The van der Waals surface area contributed by atoms with E-state index in [1.165, 1.54) is 60.7 Å². The van der Waals surface area contributed by atoms with Crippen molar-refractivity contribution in [2.24, 2.45) is 5.41 Å². The Hall–Kier alpha value is -6.12. The van der Waals surface area contributed by atoms with Crippen LogP contribution < -0.4 is 15.8 Å². The van der Waals surface area contributed by atoms with Gasteiger partial charge in [-0.25, -0.2) is 0 Å². The maximum Gasteiger partial charge on any atom is 0.0753 e. The third-order valence-electron chi connectivity index (χ3n) is 12.0. The summed E-state index contributed by atoms with van der Waals surface area (Å²) in [5, 5.41) is 6.50. The predicted molar refractivity (Wildman–Crippen MR) is 222 cm³/mol. The Labute approximate surface area is 312 Å². The lowest BCUT2D eigenvalue weighted by Gasteiger charge is -2.44. The molecule has 0 radical (unpaired) electrons. The molecule has 0 fully saturated rings. The smallest absolute Gasteiger partial charge is 0.0753 e. The molecule has 2 heteroatoms. The van der Waals surface area contributed by atoms with Crippen LogP contribution in [0, 0.1) is 5.41 Å². The first-order chi connectivity index (χ1) is 26.1. The molecule has 4 aliphatic carbocycles. The van der Waals surface area contributed by atoms with E-state index < -0.39 is 0 Å². The summed E-state index contributed by atoms with van der Waals surface area (Å²) >= 11 is 0. The lowest BCUT2D eigenvalue weighted by atomic mass is 9.69. The van der Waals surface area contributed by atoms with Crippen molar-refractivity contribution < 1.29 is 0 Å². The van der Waals surface area contributed by atoms with Gasteiger partial charge in [0.2, 0.25) is 0 Å². The highest BCUT2D eigenvalue weighted by Gasteiger charge is 2.35. The first kappa shape index (κ1) is 31.6. The number of anilines is 2. The Morgan fingerprint density at radius 1 is 0.717 bits per heavy atom. The zero-order valence-corrected chi connectivity index (χ0v) is 30.0. The maximum absolute atomic E-state index is 3.85. The monoisotopic (exact) mass is 682 g/mol. The third-order valence-corrected chi connectivity index (χ3v) is 12.0. The number of benzene rings is 5. The fourth-order valence-electron chi connectivity index (χ4n) is 9.08. The normalized spacial score (nSPS) is 23.3. The minimum atomic E-state index is 0.101. The van der Waals surface area contributed by atoms with E-state index in [1.807, 2.05) is 0 Å². The Balaban J connectivity index is 0.948. The van der Waals surface area contributed by atoms with Gasteiger partial charge in [-0.2, -0.15) is 0 Å². The zero-order chi connectivity index (χ0) is 35.4. The molecule has 5 aromatic rings. The maximum atomic E-state index is 3.85. The summed E-state index contributed by atoms with van der Waals surface area (Å²) < 4.78 is 0. The minimum Gasteiger partial charge on any atom is -0.356 e. The first-order valence-electron chi connectivity index (χ1n) is 19.0. The highest BCUT2D eigenvalue weighted by atomic mass is 15.2. The molecular formula is C51H42N2. The van der Waals surface area contributed by atoms with Crippen LogP contribution in [-0.2, 0) is 0 Å². The minimum absolute atomic E-state index is 0.101. The summed E-state index contributed by atoms with van der Waals surface area (Å²) in [5.41, 5.74) is 14.5. The van der Waals surface area contributed by atoms with Crippen molar-refractivity contribution in [3.63, 3.8) is 0 Å². The van der Waals surface area contributed by atoms with Gasteiger partial charge < -0.3 is 10.2 Å². The van der Waals surface area contributed by atoms with Crippen molar-refractivity contribution in [2.45, 2.75) is 31.2 Å². The molecule has 0 amide bonds. The molecule has 0 saturated carbocycles. The van der Waals surface area contributed by atoms with Crippen molar-refractivity contribution in [3.05, 3.63) is 225 Å². The summed E-state index contributed by atoms with van der Waals surface area (Å²) in [6.07, 6.45) is 24.4. The van der Waals surface area contributed by atoms with E-state index in [1.54, 1.807) is 0 Å². The summed E-state index contributed by atoms with van der Waals surface area (Å²) in [6.45, 7) is 3.23. The van der Waals surface area contributed by atoms with E-state index >= 15 is 0 Å². The standard InChI is InChI=1S/C51H42N2/c1-51-29-12-11-17-40(51)31-35(28-30-51)34-53-48(37-14-3-2-4-15-37)33-49(53)38-22-25-41(26-23-38)52-47-21-10-9-20-44(47)46-32-39-16-6-7-18-42(39)45-27-24-36-13-5-8-19-43(36)50(45)46/h2-29,31-33,46,49-50,52H,30,34H2,1H3. The molecule has 0 spiro atoms. The Morgan fingerprint density at radius 3 is 2.38 bits per heavy atom. The molecule has 2 nitrogen and oxygen atoms in total. The topological polar surface area (TPSA) is 15.3 Å². The number of hydrogen-bond donors (Lipinski definition) is 1. The van der Waals surface area contributed by atoms with Gasteiger partial charge in [0.15, 0.2) is 0 Å². The summed E-state index contributed by atoms with van der Waals surface area (Å²) in [5.74, 6) is 0.446. The van der Waals surface area contributed by atoms with Gasteiger partial charge in [0.1, 0.15) is 0 Å². The van der Waals surface area contributed by atoms with Crippen LogP contribution in [-0.4, -0.2) is 11.4 Å². The molecule has 4 atom stereocenters. The molecule has 10 rings (SSSR count). The van der Waals surface area contributed by atoms with E-state index in [2.05, 4.69) is 205 Å². The second kappa shape index (κ2) is 12.8. The van der Waals surface area contributed by atoms with Crippen molar-refractivity contribution in [2.75, 3.05) is 11.9 Å². The van der Waals surface area contributed by atoms with E-state index in [4.69, 9.17) is 0 Å². The molecule has 4 unspecified atom stereocenters. The van der Waals surface area contributed by atoms with Crippen LogP contribution in [0.3, 0.4) is 0 Å². The molecule has 0 aromatic heterocycles. The van der Waals surface area contributed by atoms with Crippen molar-refractivity contribution in [1.82, 2.24) is 4.90 Å². The van der Waals surface area contributed by atoms with Gasteiger partial charge in [0.25, 0.3) is 0 Å². The molecule has 1 heterocycles. The lowest BCUT2D eigenvalue weighted by molar-refractivity contribution is 0.330. The molecule has 5 aliphatic rings. The van der Waals surface area contributed by atoms with E-state index in [9.17, 15) is 0 Å². The predicted octanol–water partition coefficient (Wildman–Crippen LogP) is 10.8. The lowest BCUT2D eigenvalue weighted by Crippen LogP contribution is -2.36. The van der Waals surface area contributed by atoms with E-state index in [-0.39, 0.29) is 23.3 Å². The number of nitrogens with zero attached hydrogens (tertiary/aromatic N) is 1. The van der Waals surface area contributed by atoms with Gasteiger partial charge in [-0.3, -0.25) is 0 Å². The third kappa shape index (κ3) is 5.57. The summed E-state index contributed by atoms with van der Waals surface area (Å²) in [6, 6.07) is 46.8.